The van der Waals surface area contributed by atoms with Gasteiger partial charge in [-0.2, -0.15) is 0 Å². The van der Waals surface area contributed by atoms with Gasteiger partial charge in [0.2, 0.25) is 0 Å². The van der Waals surface area contributed by atoms with Crippen molar-refractivity contribution in [3.05, 3.63) is 58.9 Å². The van der Waals surface area contributed by atoms with E-state index in [1.165, 1.54) is 22.3 Å². The largest absolute Gasteiger partial charge is 0.350 e. The van der Waals surface area contributed by atoms with E-state index < -0.39 is 0 Å². The number of hydrogen-bond donors (Lipinski definition) is 1. The summed E-state index contributed by atoms with van der Waals surface area (Å²) >= 11 is 0. The Morgan fingerprint density at radius 1 is 1.05 bits per heavy atom. The van der Waals surface area contributed by atoms with Gasteiger partial charge in [0.15, 0.2) is 0 Å². The highest BCUT2D eigenvalue weighted by Crippen LogP contribution is 2.11. The number of rotatable bonds is 5. The van der Waals surface area contributed by atoms with Crippen molar-refractivity contribution in [3.8, 4) is 0 Å². The molecule has 2 rings (SSSR count). The van der Waals surface area contributed by atoms with Crippen molar-refractivity contribution in [2.45, 2.75) is 46.8 Å². The average molecular weight is 256 g/mol. The van der Waals surface area contributed by atoms with Crippen molar-refractivity contribution in [2.24, 2.45) is 0 Å². The molecule has 0 fully saturated rings. The predicted molar refractivity (Wildman–Crippen MR) is 81.4 cm³/mol. The molecule has 19 heavy (non-hydrogen) atoms. The van der Waals surface area contributed by atoms with Crippen LogP contribution in [-0.4, -0.2) is 10.6 Å². The van der Waals surface area contributed by atoms with Crippen LogP contribution < -0.4 is 5.32 Å². The molecular weight excluding hydrogens is 232 g/mol. The molecule has 2 nitrogen and oxygen atoms in total. The number of benzene rings is 1. The van der Waals surface area contributed by atoms with Crippen LogP contribution in [0.4, 0.5) is 0 Å². The Balaban J connectivity index is 2.03. The Morgan fingerprint density at radius 3 is 2.37 bits per heavy atom. The fraction of sp³-hybridized carbons (Fsp3) is 0.412. The molecule has 102 valence electrons. The van der Waals surface area contributed by atoms with Gasteiger partial charge in [0.25, 0.3) is 0 Å². The first-order valence-electron chi connectivity index (χ1n) is 6.98. The average Bonchev–Trinajstić information content (AvgIpc) is 2.72. The zero-order valence-corrected chi connectivity index (χ0v) is 12.4. The molecule has 1 heterocycles. The lowest BCUT2D eigenvalue weighted by molar-refractivity contribution is 0.588. The molecule has 2 aromatic rings. The van der Waals surface area contributed by atoms with E-state index in [4.69, 9.17) is 0 Å². The summed E-state index contributed by atoms with van der Waals surface area (Å²) in [6.07, 6.45) is 4.39. The molecule has 1 aromatic carbocycles. The second-order valence-corrected chi connectivity index (χ2v) is 5.72. The van der Waals surface area contributed by atoms with E-state index >= 15 is 0 Å². The van der Waals surface area contributed by atoms with Crippen molar-refractivity contribution in [1.29, 1.82) is 0 Å². The van der Waals surface area contributed by atoms with E-state index in [0.717, 1.165) is 13.1 Å². The van der Waals surface area contributed by atoms with Crippen LogP contribution >= 0.6 is 0 Å². The lowest BCUT2D eigenvalue weighted by atomic mass is 10.1. The number of aromatic nitrogens is 1. The van der Waals surface area contributed by atoms with E-state index in [2.05, 4.69) is 74.2 Å². The summed E-state index contributed by atoms with van der Waals surface area (Å²) in [7, 11) is 0. The summed E-state index contributed by atoms with van der Waals surface area (Å²) < 4.78 is 2.26. The first kappa shape index (κ1) is 13.9. The highest BCUT2D eigenvalue weighted by Gasteiger charge is 2.01. The van der Waals surface area contributed by atoms with Gasteiger partial charge in [-0.1, -0.05) is 43.2 Å². The molecule has 0 aliphatic heterocycles. The zero-order chi connectivity index (χ0) is 13.8. The molecule has 0 spiro atoms. The van der Waals surface area contributed by atoms with Gasteiger partial charge in [0, 0.05) is 31.5 Å². The summed E-state index contributed by atoms with van der Waals surface area (Å²) in [5.74, 6) is 0. The molecule has 0 aliphatic carbocycles. The third-order valence-electron chi connectivity index (χ3n) is 3.17. The molecule has 0 amide bonds. The van der Waals surface area contributed by atoms with Gasteiger partial charge in [-0.15, -0.1) is 0 Å². The molecule has 0 radical (unpaired) electrons. The first-order valence-corrected chi connectivity index (χ1v) is 6.98. The number of nitrogens with zero attached hydrogens (tertiary/aromatic N) is 1. The molecule has 0 bridgehead atoms. The van der Waals surface area contributed by atoms with E-state index in [0.29, 0.717) is 6.04 Å². The van der Waals surface area contributed by atoms with Crippen LogP contribution in [0.2, 0.25) is 0 Å². The summed E-state index contributed by atoms with van der Waals surface area (Å²) in [5, 5.41) is 3.44. The highest BCUT2D eigenvalue weighted by atomic mass is 14.9. The van der Waals surface area contributed by atoms with Gasteiger partial charge in [0.1, 0.15) is 0 Å². The number of hydrogen-bond acceptors (Lipinski definition) is 1. The van der Waals surface area contributed by atoms with E-state index in [9.17, 15) is 0 Å². The van der Waals surface area contributed by atoms with Crippen molar-refractivity contribution in [2.75, 3.05) is 0 Å². The van der Waals surface area contributed by atoms with Crippen LogP contribution in [0.1, 0.15) is 36.1 Å². The molecule has 0 atom stereocenters. The minimum atomic E-state index is 0.530. The van der Waals surface area contributed by atoms with Crippen LogP contribution in [0, 0.1) is 13.8 Å². The summed E-state index contributed by atoms with van der Waals surface area (Å²) in [6, 6.07) is 9.47. The summed E-state index contributed by atoms with van der Waals surface area (Å²) in [4.78, 5) is 0. The maximum atomic E-state index is 3.44. The topological polar surface area (TPSA) is 17.0 Å². The van der Waals surface area contributed by atoms with E-state index in [1.807, 2.05) is 0 Å². The Bertz CT molecular complexity index is 518. The summed E-state index contributed by atoms with van der Waals surface area (Å²) in [5.41, 5.74) is 5.39. The van der Waals surface area contributed by atoms with Crippen LogP contribution in [0.5, 0.6) is 0 Å². The molecule has 1 N–H and O–H groups in total. The standard InChI is InChI=1S/C17H24N2/c1-13(2)18-10-16-5-6-19(11-16)12-17-8-14(3)7-15(4)9-17/h5-9,11,13,18H,10,12H2,1-4H3. The Labute approximate surface area is 116 Å². The maximum Gasteiger partial charge on any atom is 0.0470 e. The van der Waals surface area contributed by atoms with Gasteiger partial charge in [-0.05, 0) is 31.0 Å². The fourth-order valence-electron chi connectivity index (χ4n) is 2.39. The van der Waals surface area contributed by atoms with Crippen LogP contribution in [0.25, 0.3) is 0 Å². The molecule has 0 aliphatic rings. The predicted octanol–water partition coefficient (Wildman–Crippen LogP) is 3.65. The molecule has 2 heteroatoms. The molecule has 0 saturated carbocycles. The Kier molecular flexibility index (Phi) is 4.43. The van der Waals surface area contributed by atoms with Gasteiger partial charge >= 0.3 is 0 Å². The van der Waals surface area contributed by atoms with Gasteiger partial charge in [0.05, 0.1) is 0 Å². The zero-order valence-electron chi connectivity index (χ0n) is 12.4. The van der Waals surface area contributed by atoms with Crippen molar-refractivity contribution in [3.63, 3.8) is 0 Å². The quantitative estimate of drug-likeness (QED) is 0.864. The first-order chi connectivity index (χ1) is 9.02. The molecular formula is C17H24N2. The molecule has 0 unspecified atom stereocenters. The maximum absolute atomic E-state index is 3.44. The van der Waals surface area contributed by atoms with Crippen LogP contribution in [-0.2, 0) is 13.1 Å². The monoisotopic (exact) mass is 256 g/mol. The summed E-state index contributed by atoms with van der Waals surface area (Å²) in [6.45, 7) is 10.6. The van der Waals surface area contributed by atoms with Gasteiger partial charge in [-0.3, -0.25) is 0 Å². The lowest BCUT2D eigenvalue weighted by Gasteiger charge is -2.07. The second kappa shape index (κ2) is 6.07. The minimum Gasteiger partial charge on any atom is -0.350 e. The smallest absolute Gasteiger partial charge is 0.0470 e. The Morgan fingerprint density at radius 2 is 1.74 bits per heavy atom. The second-order valence-electron chi connectivity index (χ2n) is 5.72. The Hall–Kier alpha value is -1.54. The third-order valence-corrected chi connectivity index (χ3v) is 3.17. The minimum absolute atomic E-state index is 0.530. The third kappa shape index (κ3) is 4.25. The SMILES string of the molecule is Cc1cc(C)cc(Cn2ccc(CNC(C)C)c2)c1. The normalized spacial score (nSPS) is 11.2. The lowest BCUT2D eigenvalue weighted by Crippen LogP contribution is -2.21. The van der Waals surface area contributed by atoms with Crippen LogP contribution in [0.15, 0.2) is 36.7 Å². The molecule has 0 saturated heterocycles. The van der Waals surface area contributed by atoms with Gasteiger partial charge < -0.3 is 9.88 Å². The van der Waals surface area contributed by atoms with Crippen molar-refractivity contribution >= 4 is 0 Å². The van der Waals surface area contributed by atoms with E-state index in [-0.39, 0.29) is 0 Å². The number of aryl methyl sites for hydroxylation is 2. The fourth-order valence-corrected chi connectivity index (χ4v) is 2.39. The highest BCUT2D eigenvalue weighted by molar-refractivity contribution is 5.29. The van der Waals surface area contributed by atoms with Gasteiger partial charge in [-0.25, -0.2) is 0 Å². The van der Waals surface area contributed by atoms with E-state index in [1.54, 1.807) is 0 Å². The molecule has 1 aromatic heterocycles. The van der Waals surface area contributed by atoms with Crippen molar-refractivity contribution < 1.29 is 0 Å². The van der Waals surface area contributed by atoms with Crippen LogP contribution in [0.3, 0.4) is 0 Å². The van der Waals surface area contributed by atoms with Crippen molar-refractivity contribution in [1.82, 2.24) is 9.88 Å². The number of nitrogens with one attached hydrogen (secondary N) is 1.